The fourth-order valence-electron chi connectivity index (χ4n) is 2.40. The second-order valence-electron chi connectivity index (χ2n) is 5.58. The van der Waals surface area contributed by atoms with Gasteiger partial charge in [0.2, 0.25) is 5.91 Å². The summed E-state index contributed by atoms with van der Waals surface area (Å²) in [5, 5.41) is 2.87. The van der Waals surface area contributed by atoms with Gasteiger partial charge in [-0.15, -0.1) is 0 Å². The Kier molecular flexibility index (Phi) is 5.52. The topological polar surface area (TPSA) is 49.4 Å². The summed E-state index contributed by atoms with van der Waals surface area (Å²) in [6.07, 6.45) is 0. The van der Waals surface area contributed by atoms with Crippen molar-refractivity contribution in [3.63, 3.8) is 0 Å². The molecule has 4 heteroatoms. The molecule has 0 saturated carbocycles. The molecule has 4 nitrogen and oxygen atoms in total. The van der Waals surface area contributed by atoms with Gasteiger partial charge in [0.15, 0.2) is 0 Å². The first-order valence-corrected chi connectivity index (χ1v) is 7.67. The number of rotatable bonds is 5. The SMILES string of the molecule is CC(=O)N(CCNC(=O)c1ccccc1C)c1ccc(C)cc1. The maximum absolute atomic E-state index is 12.2. The van der Waals surface area contributed by atoms with Gasteiger partial charge in [-0.25, -0.2) is 0 Å². The van der Waals surface area contributed by atoms with E-state index in [9.17, 15) is 9.59 Å². The van der Waals surface area contributed by atoms with Crippen LogP contribution in [0.15, 0.2) is 48.5 Å². The van der Waals surface area contributed by atoms with E-state index in [1.54, 1.807) is 11.0 Å². The van der Waals surface area contributed by atoms with Crippen LogP contribution in [0.4, 0.5) is 5.69 Å². The third-order valence-corrected chi connectivity index (χ3v) is 3.74. The highest BCUT2D eigenvalue weighted by Crippen LogP contribution is 2.15. The number of carbonyl (C=O) groups excluding carboxylic acids is 2. The van der Waals surface area contributed by atoms with Crippen LogP contribution in [-0.2, 0) is 4.79 Å². The zero-order chi connectivity index (χ0) is 16.8. The van der Waals surface area contributed by atoms with E-state index in [1.807, 2.05) is 56.3 Å². The summed E-state index contributed by atoms with van der Waals surface area (Å²) in [6, 6.07) is 15.2. The van der Waals surface area contributed by atoms with Crippen LogP contribution in [-0.4, -0.2) is 24.9 Å². The van der Waals surface area contributed by atoms with E-state index < -0.39 is 0 Å². The van der Waals surface area contributed by atoms with Crippen LogP contribution in [0.3, 0.4) is 0 Å². The summed E-state index contributed by atoms with van der Waals surface area (Å²) in [6.45, 7) is 6.28. The monoisotopic (exact) mass is 310 g/mol. The van der Waals surface area contributed by atoms with Crippen molar-refractivity contribution in [3.8, 4) is 0 Å². The quantitative estimate of drug-likeness (QED) is 0.922. The molecule has 0 unspecified atom stereocenters. The molecule has 2 rings (SSSR count). The maximum Gasteiger partial charge on any atom is 0.251 e. The molecule has 0 fully saturated rings. The largest absolute Gasteiger partial charge is 0.350 e. The van der Waals surface area contributed by atoms with Gasteiger partial charge < -0.3 is 10.2 Å². The van der Waals surface area contributed by atoms with Gasteiger partial charge in [-0.2, -0.15) is 0 Å². The van der Waals surface area contributed by atoms with Crippen molar-refractivity contribution < 1.29 is 9.59 Å². The number of aryl methyl sites for hydroxylation is 2. The van der Waals surface area contributed by atoms with Gasteiger partial charge in [0.05, 0.1) is 0 Å². The van der Waals surface area contributed by atoms with Crippen molar-refractivity contribution in [2.75, 3.05) is 18.0 Å². The minimum Gasteiger partial charge on any atom is -0.350 e. The molecule has 0 aromatic heterocycles. The van der Waals surface area contributed by atoms with E-state index in [2.05, 4.69) is 5.32 Å². The summed E-state index contributed by atoms with van der Waals surface area (Å²) in [7, 11) is 0. The molecule has 0 saturated heterocycles. The smallest absolute Gasteiger partial charge is 0.251 e. The predicted molar refractivity (Wildman–Crippen MR) is 92.7 cm³/mol. The minimum atomic E-state index is -0.115. The van der Waals surface area contributed by atoms with Gasteiger partial charge in [-0.05, 0) is 37.6 Å². The summed E-state index contributed by atoms with van der Waals surface area (Å²) in [5.41, 5.74) is 3.59. The molecule has 0 spiro atoms. The predicted octanol–water partition coefficient (Wildman–Crippen LogP) is 3.09. The Balaban J connectivity index is 1.97. The molecule has 1 N–H and O–H groups in total. The molecule has 0 aliphatic carbocycles. The average Bonchev–Trinajstić information content (AvgIpc) is 2.52. The number of anilines is 1. The molecule has 2 aromatic rings. The Hall–Kier alpha value is -2.62. The lowest BCUT2D eigenvalue weighted by atomic mass is 10.1. The maximum atomic E-state index is 12.2. The Morgan fingerprint density at radius 1 is 1.00 bits per heavy atom. The van der Waals surface area contributed by atoms with E-state index >= 15 is 0 Å². The van der Waals surface area contributed by atoms with Crippen LogP contribution in [0, 0.1) is 13.8 Å². The first-order valence-electron chi connectivity index (χ1n) is 7.67. The van der Waals surface area contributed by atoms with Crippen molar-refractivity contribution in [3.05, 3.63) is 65.2 Å². The standard InChI is InChI=1S/C19H22N2O2/c1-14-8-10-17(11-9-14)21(16(3)22)13-12-20-19(23)18-7-5-4-6-15(18)2/h4-11H,12-13H2,1-3H3,(H,20,23). The third kappa shape index (κ3) is 4.42. The van der Waals surface area contributed by atoms with Gasteiger partial charge in [-0.3, -0.25) is 9.59 Å². The van der Waals surface area contributed by atoms with E-state index in [-0.39, 0.29) is 11.8 Å². The Morgan fingerprint density at radius 2 is 1.65 bits per heavy atom. The number of nitrogens with zero attached hydrogens (tertiary/aromatic N) is 1. The lowest BCUT2D eigenvalue weighted by Crippen LogP contribution is -2.37. The number of amides is 2. The first-order chi connectivity index (χ1) is 11.0. The molecular formula is C19H22N2O2. The average molecular weight is 310 g/mol. The molecule has 0 atom stereocenters. The van der Waals surface area contributed by atoms with Crippen molar-refractivity contribution in [2.24, 2.45) is 0 Å². The Morgan fingerprint density at radius 3 is 2.26 bits per heavy atom. The summed E-state index contributed by atoms with van der Waals surface area (Å²) in [5.74, 6) is -0.158. The van der Waals surface area contributed by atoms with Crippen LogP contribution in [0.2, 0.25) is 0 Å². The van der Waals surface area contributed by atoms with Gasteiger partial charge in [0, 0.05) is 31.3 Å². The first kappa shape index (κ1) is 16.7. The number of hydrogen-bond donors (Lipinski definition) is 1. The highest BCUT2D eigenvalue weighted by atomic mass is 16.2. The lowest BCUT2D eigenvalue weighted by Gasteiger charge is -2.21. The zero-order valence-corrected chi connectivity index (χ0v) is 13.8. The number of hydrogen-bond acceptors (Lipinski definition) is 2. The van der Waals surface area contributed by atoms with E-state index in [0.717, 1.165) is 16.8 Å². The second-order valence-corrected chi connectivity index (χ2v) is 5.58. The Labute approximate surface area is 137 Å². The van der Waals surface area contributed by atoms with Gasteiger partial charge in [0.1, 0.15) is 0 Å². The molecule has 2 aromatic carbocycles. The fraction of sp³-hybridized carbons (Fsp3) is 0.263. The van der Waals surface area contributed by atoms with Crippen molar-refractivity contribution >= 4 is 17.5 Å². The Bertz CT molecular complexity index is 693. The molecule has 0 bridgehead atoms. The molecular weight excluding hydrogens is 288 g/mol. The molecule has 0 aliphatic rings. The van der Waals surface area contributed by atoms with Crippen molar-refractivity contribution in [2.45, 2.75) is 20.8 Å². The van der Waals surface area contributed by atoms with Crippen molar-refractivity contribution in [1.82, 2.24) is 5.32 Å². The minimum absolute atomic E-state index is 0.0426. The molecule has 23 heavy (non-hydrogen) atoms. The highest BCUT2D eigenvalue weighted by molar-refractivity contribution is 5.96. The van der Waals surface area contributed by atoms with Crippen LogP contribution < -0.4 is 10.2 Å². The number of carbonyl (C=O) groups is 2. The van der Waals surface area contributed by atoms with Gasteiger partial charge >= 0.3 is 0 Å². The van der Waals surface area contributed by atoms with Crippen LogP contribution in [0.25, 0.3) is 0 Å². The summed E-state index contributed by atoms with van der Waals surface area (Å²) >= 11 is 0. The number of nitrogens with one attached hydrogen (secondary N) is 1. The normalized spacial score (nSPS) is 10.2. The molecule has 0 aliphatic heterocycles. The highest BCUT2D eigenvalue weighted by Gasteiger charge is 2.12. The molecule has 120 valence electrons. The fourth-order valence-corrected chi connectivity index (χ4v) is 2.40. The molecule has 2 amide bonds. The summed E-state index contributed by atoms with van der Waals surface area (Å²) in [4.78, 5) is 25.7. The lowest BCUT2D eigenvalue weighted by molar-refractivity contribution is -0.116. The summed E-state index contributed by atoms with van der Waals surface area (Å²) < 4.78 is 0. The molecule has 0 radical (unpaired) electrons. The zero-order valence-electron chi connectivity index (χ0n) is 13.8. The number of benzene rings is 2. The third-order valence-electron chi connectivity index (χ3n) is 3.74. The van der Waals surface area contributed by atoms with Crippen molar-refractivity contribution in [1.29, 1.82) is 0 Å². The van der Waals surface area contributed by atoms with Gasteiger partial charge in [0.25, 0.3) is 5.91 Å². The molecule has 0 heterocycles. The van der Waals surface area contributed by atoms with Gasteiger partial charge in [-0.1, -0.05) is 35.9 Å². The second kappa shape index (κ2) is 7.58. The van der Waals surface area contributed by atoms with E-state index in [4.69, 9.17) is 0 Å². The van der Waals surface area contributed by atoms with Crippen LogP contribution >= 0.6 is 0 Å². The van der Waals surface area contributed by atoms with E-state index in [0.29, 0.717) is 18.7 Å². The van der Waals surface area contributed by atoms with E-state index in [1.165, 1.54) is 6.92 Å². The van der Waals surface area contributed by atoms with Crippen LogP contribution in [0.5, 0.6) is 0 Å². The van der Waals surface area contributed by atoms with Crippen LogP contribution in [0.1, 0.15) is 28.4 Å².